The summed E-state index contributed by atoms with van der Waals surface area (Å²) in [5.41, 5.74) is 1.25. The second-order valence-electron chi connectivity index (χ2n) is 4.24. The van der Waals surface area contributed by atoms with Crippen LogP contribution in [0.4, 0.5) is 0 Å². The topological polar surface area (TPSA) is 38.7 Å². The molecule has 1 N–H and O–H groups in total. The second kappa shape index (κ2) is 7.23. The highest BCUT2D eigenvalue weighted by atomic mass is 35.5. The Labute approximate surface area is 138 Å². The smallest absolute Gasteiger partial charge is 0.163 e. The monoisotopic (exact) mass is 346 g/mol. The minimum Gasteiger partial charge on any atom is -0.493 e. The Morgan fingerprint density at radius 2 is 1.67 bits per heavy atom. The normalized spacial score (nSPS) is 10.5. The van der Waals surface area contributed by atoms with Gasteiger partial charge in [0.15, 0.2) is 11.5 Å². The zero-order chi connectivity index (χ0) is 15.4. The summed E-state index contributed by atoms with van der Waals surface area (Å²) in [6, 6.07) is 8.47. The molecule has 0 spiro atoms. The van der Waals surface area contributed by atoms with Gasteiger partial charge < -0.3 is 14.6 Å². The van der Waals surface area contributed by atoms with Crippen LogP contribution in [0.2, 0.25) is 15.1 Å². The minimum atomic E-state index is -0.175. The van der Waals surface area contributed by atoms with Crippen LogP contribution in [0, 0.1) is 0 Å². The van der Waals surface area contributed by atoms with Crippen LogP contribution < -0.4 is 9.47 Å². The number of aliphatic hydroxyl groups is 1. The van der Waals surface area contributed by atoms with Gasteiger partial charge in [-0.25, -0.2) is 0 Å². The van der Waals surface area contributed by atoms with Crippen molar-refractivity contribution in [3.05, 3.63) is 56.5 Å². The van der Waals surface area contributed by atoms with Crippen LogP contribution in [-0.4, -0.2) is 12.2 Å². The van der Waals surface area contributed by atoms with Crippen molar-refractivity contribution in [1.29, 1.82) is 0 Å². The fraction of sp³-hybridized carbons (Fsp3) is 0.200. The summed E-state index contributed by atoms with van der Waals surface area (Å²) in [4.78, 5) is 0. The van der Waals surface area contributed by atoms with Crippen LogP contribution in [0.1, 0.15) is 11.1 Å². The third-order valence-electron chi connectivity index (χ3n) is 2.94. The Bertz CT molecular complexity index is 624. The van der Waals surface area contributed by atoms with Gasteiger partial charge in [-0.3, -0.25) is 0 Å². The molecule has 6 heteroatoms. The lowest BCUT2D eigenvalue weighted by atomic mass is 10.2. The van der Waals surface area contributed by atoms with E-state index in [0.29, 0.717) is 37.7 Å². The van der Waals surface area contributed by atoms with Crippen molar-refractivity contribution in [2.75, 3.05) is 7.11 Å². The molecule has 0 saturated heterocycles. The molecular weight excluding hydrogens is 335 g/mol. The fourth-order valence-corrected chi connectivity index (χ4v) is 2.51. The van der Waals surface area contributed by atoms with Crippen molar-refractivity contribution < 1.29 is 14.6 Å². The van der Waals surface area contributed by atoms with E-state index < -0.39 is 0 Å². The van der Waals surface area contributed by atoms with Gasteiger partial charge in [-0.2, -0.15) is 0 Å². The number of rotatable bonds is 5. The standard InChI is InChI=1S/C15H13Cl3O3/c1-20-14-5-9(7-19)13(18)6-15(14)21-8-10-11(16)3-2-4-12(10)17/h2-6,19H,7-8H2,1H3. The molecule has 3 nitrogen and oxygen atoms in total. The van der Waals surface area contributed by atoms with E-state index in [1.807, 2.05) is 0 Å². The maximum absolute atomic E-state index is 9.19. The molecule has 0 fully saturated rings. The van der Waals surface area contributed by atoms with E-state index in [9.17, 15) is 5.11 Å². The summed E-state index contributed by atoms with van der Waals surface area (Å²) in [5.74, 6) is 0.933. The molecule has 21 heavy (non-hydrogen) atoms. The van der Waals surface area contributed by atoms with Crippen LogP contribution in [0.3, 0.4) is 0 Å². The van der Waals surface area contributed by atoms with Crippen LogP contribution in [0.25, 0.3) is 0 Å². The van der Waals surface area contributed by atoms with Crippen molar-refractivity contribution in [3.8, 4) is 11.5 Å². The molecule has 0 heterocycles. The number of hydrogen-bond donors (Lipinski definition) is 1. The lowest BCUT2D eigenvalue weighted by Gasteiger charge is -2.14. The second-order valence-corrected chi connectivity index (χ2v) is 5.46. The van der Waals surface area contributed by atoms with Crippen LogP contribution in [-0.2, 0) is 13.2 Å². The number of ether oxygens (including phenoxy) is 2. The van der Waals surface area contributed by atoms with Crippen molar-refractivity contribution in [1.82, 2.24) is 0 Å². The van der Waals surface area contributed by atoms with Gasteiger partial charge in [0.2, 0.25) is 0 Å². The van der Waals surface area contributed by atoms with Crippen LogP contribution in [0.5, 0.6) is 11.5 Å². The van der Waals surface area contributed by atoms with Gasteiger partial charge in [0.25, 0.3) is 0 Å². The molecule has 0 aliphatic carbocycles. The number of aliphatic hydroxyl groups excluding tert-OH is 1. The van der Waals surface area contributed by atoms with E-state index in [-0.39, 0.29) is 13.2 Å². The van der Waals surface area contributed by atoms with E-state index >= 15 is 0 Å². The van der Waals surface area contributed by atoms with Gasteiger partial charge >= 0.3 is 0 Å². The maximum atomic E-state index is 9.19. The summed E-state index contributed by atoms with van der Waals surface area (Å²) >= 11 is 18.2. The summed E-state index contributed by atoms with van der Waals surface area (Å²) in [7, 11) is 1.51. The zero-order valence-corrected chi connectivity index (χ0v) is 13.5. The zero-order valence-electron chi connectivity index (χ0n) is 11.2. The predicted octanol–water partition coefficient (Wildman–Crippen LogP) is 4.73. The molecule has 0 aliphatic rings. The Morgan fingerprint density at radius 1 is 1.00 bits per heavy atom. The lowest BCUT2D eigenvalue weighted by molar-refractivity contribution is 0.274. The third-order valence-corrected chi connectivity index (χ3v) is 4.00. The number of methoxy groups -OCH3 is 1. The van der Waals surface area contributed by atoms with Crippen LogP contribution >= 0.6 is 34.8 Å². The Balaban J connectivity index is 2.26. The van der Waals surface area contributed by atoms with Gasteiger partial charge in [-0.15, -0.1) is 0 Å². The van der Waals surface area contributed by atoms with Gasteiger partial charge in [0.1, 0.15) is 6.61 Å². The average Bonchev–Trinajstić information content (AvgIpc) is 2.47. The highest BCUT2D eigenvalue weighted by Gasteiger charge is 2.12. The van der Waals surface area contributed by atoms with E-state index in [0.717, 1.165) is 0 Å². The molecule has 0 atom stereocenters. The van der Waals surface area contributed by atoms with Gasteiger partial charge in [0, 0.05) is 21.7 Å². The van der Waals surface area contributed by atoms with E-state index in [2.05, 4.69) is 0 Å². The molecule has 0 radical (unpaired) electrons. The highest BCUT2D eigenvalue weighted by molar-refractivity contribution is 6.36. The third kappa shape index (κ3) is 3.74. The number of hydrogen-bond acceptors (Lipinski definition) is 3. The summed E-state index contributed by atoms with van der Waals surface area (Å²) in [6.45, 7) is 0.00941. The first-order valence-electron chi connectivity index (χ1n) is 6.09. The molecule has 0 amide bonds. The summed E-state index contributed by atoms with van der Waals surface area (Å²) in [5, 5.41) is 10.7. The Morgan fingerprint density at radius 3 is 2.24 bits per heavy atom. The Kier molecular flexibility index (Phi) is 5.59. The molecule has 2 aromatic carbocycles. The van der Waals surface area contributed by atoms with Gasteiger partial charge in [0.05, 0.1) is 18.7 Å². The quantitative estimate of drug-likeness (QED) is 0.850. The van der Waals surface area contributed by atoms with Crippen LogP contribution in [0.15, 0.2) is 30.3 Å². The SMILES string of the molecule is COc1cc(CO)c(Cl)cc1OCc1c(Cl)cccc1Cl. The summed E-state index contributed by atoms with van der Waals surface area (Å²) < 4.78 is 10.9. The minimum absolute atomic E-state index is 0.175. The molecule has 0 aliphatic heterocycles. The summed E-state index contributed by atoms with van der Waals surface area (Å²) in [6.07, 6.45) is 0. The Hall–Kier alpha value is -1.13. The van der Waals surface area contributed by atoms with Crippen molar-refractivity contribution in [3.63, 3.8) is 0 Å². The van der Waals surface area contributed by atoms with Gasteiger partial charge in [-0.1, -0.05) is 40.9 Å². The molecule has 0 aromatic heterocycles. The fourth-order valence-electron chi connectivity index (χ4n) is 1.79. The molecule has 112 valence electrons. The first kappa shape index (κ1) is 16.2. The number of benzene rings is 2. The van der Waals surface area contributed by atoms with Crippen molar-refractivity contribution in [2.45, 2.75) is 13.2 Å². The van der Waals surface area contributed by atoms with E-state index in [1.165, 1.54) is 7.11 Å². The molecule has 0 unspecified atom stereocenters. The number of halogens is 3. The first-order valence-corrected chi connectivity index (χ1v) is 7.23. The van der Waals surface area contributed by atoms with Gasteiger partial charge in [-0.05, 0) is 23.8 Å². The molecule has 0 bridgehead atoms. The lowest BCUT2D eigenvalue weighted by Crippen LogP contribution is -2.00. The van der Waals surface area contributed by atoms with E-state index in [1.54, 1.807) is 30.3 Å². The predicted molar refractivity (Wildman–Crippen MR) is 84.7 cm³/mol. The molecular formula is C15H13Cl3O3. The molecule has 2 rings (SSSR count). The first-order chi connectivity index (χ1) is 10.1. The molecule has 2 aromatic rings. The average molecular weight is 348 g/mol. The van der Waals surface area contributed by atoms with Crippen molar-refractivity contribution in [2.24, 2.45) is 0 Å². The highest BCUT2D eigenvalue weighted by Crippen LogP contribution is 2.35. The maximum Gasteiger partial charge on any atom is 0.163 e. The van der Waals surface area contributed by atoms with E-state index in [4.69, 9.17) is 44.3 Å². The largest absolute Gasteiger partial charge is 0.493 e. The van der Waals surface area contributed by atoms with Crippen molar-refractivity contribution >= 4 is 34.8 Å². The molecule has 0 saturated carbocycles.